The molecule has 2 aliphatic heterocycles. The Bertz CT molecular complexity index is 1080. The number of nitrogens with zero attached hydrogens (tertiary/aromatic N) is 2. The molecule has 5 rings (SSSR count). The van der Waals surface area contributed by atoms with Crippen molar-refractivity contribution in [2.75, 3.05) is 40.3 Å². The van der Waals surface area contributed by atoms with Crippen LogP contribution < -0.4 is 26.3 Å². The molecule has 2 amide bonds. The average Bonchev–Trinajstić information content (AvgIpc) is 3.24. The van der Waals surface area contributed by atoms with Crippen LogP contribution in [0.15, 0.2) is 12.1 Å². The number of ketones is 1. The first kappa shape index (κ1) is 25.9. The SMILES string of the molecule is CN(CCNC(=O)[C@@H](N)CCCCN)C(=O)Oc1ccc2c3c1OC1C(=O)CCC4[C@@H](C2)N(C)CCC314. The number of likely N-dealkylation sites (tertiary alicyclic amines) is 1. The summed E-state index contributed by atoms with van der Waals surface area (Å²) in [5.74, 6) is 1.18. The van der Waals surface area contributed by atoms with E-state index >= 15 is 0 Å². The number of carbonyl (C=O) groups excluding carboxylic acids is 3. The van der Waals surface area contributed by atoms with Crippen molar-refractivity contribution < 1.29 is 23.9 Å². The van der Waals surface area contributed by atoms with Crippen LogP contribution in [0.25, 0.3) is 0 Å². The fraction of sp³-hybridized carbons (Fsp3) is 0.667. The smallest absolute Gasteiger partial charge is 0.415 e. The Kier molecular flexibility index (Phi) is 7.17. The van der Waals surface area contributed by atoms with Gasteiger partial charge in [-0.2, -0.15) is 0 Å². The van der Waals surface area contributed by atoms with Gasteiger partial charge in [0, 0.05) is 43.6 Å². The molecule has 3 unspecified atom stereocenters. The first-order chi connectivity index (χ1) is 17.8. The minimum absolute atomic E-state index is 0.148. The van der Waals surface area contributed by atoms with Gasteiger partial charge in [0.25, 0.3) is 0 Å². The highest BCUT2D eigenvalue weighted by Crippen LogP contribution is 2.63. The molecule has 1 saturated heterocycles. The number of rotatable bonds is 9. The molecular formula is C27H39N5O5. The molecule has 0 radical (unpaired) electrons. The number of benzene rings is 1. The first-order valence-electron chi connectivity index (χ1n) is 13.5. The summed E-state index contributed by atoms with van der Waals surface area (Å²) in [7, 11) is 3.79. The number of hydrogen-bond donors (Lipinski definition) is 3. The lowest BCUT2D eigenvalue weighted by Crippen LogP contribution is -2.65. The van der Waals surface area contributed by atoms with Crippen molar-refractivity contribution in [3.8, 4) is 11.5 Å². The van der Waals surface area contributed by atoms with Crippen molar-refractivity contribution in [2.45, 2.75) is 68.5 Å². The Morgan fingerprint density at radius 1 is 1.35 bits per heavy atom. The number of carbonyl (C=O) groups is 3. The number of amides is 2. The minimum atomic E-state index is -0.589. The molecule has 1 aromatic rings. The summed E-state index contributed by atoms with van der Waals surface area (Å²) in [6, 6.07) is 3.63. The number of hydrogen-bond acceptors (Lipinski definition) is 8. The number of ether oxygens (including phenoxy) is 2. The molecule has 10 nitrogen and oxygen atoms in total. The topological polar surface area (TPSA) is 140 Å². The third kappa shape index (κ3) is 4.38. The van der Waals surface area contributed by atoms with Crippen LogP contribution in [0.5, 0.6) is 11.5 Å². The van der Waals surface area contributed by atoms with E-state index in [2.05, 4.69) is 17.3 Å². The van der Waals surface area contributed by atoms with Gasteiger partial charge in [-0.3, -0.25) is 9.59 Å². The van der Waals surface area contributed by atoms with Crippen molar-refractivity contribution >= 4 is 17.8 Å². The van der Waals surface area contributed by atoms with E-state index in [1.807, 2.05) is 6.07 Å². The zero-order valence-corrected chi connectivity index (χ0v) is 21.8. The van der Waals surface area contributed by atoms with Gasteiger partial charge in [-0.1, -0.05) is 12.5 Å². The first-order valence-corrected chi connectivity index (χ1v) is 13.5. The van der Waals surface area contributed by atoms with Gasteiger partial charge in [-0.15, -0.1) is 0 Å². The third-order valence-electron chi connectivity index (χ3n) is 8.93. The molecule has 5 atom stereocenters. The summed E-state index contributed by atoms with van der Waals surface area (Å²) < 4.78 is 12.2. The zero-order chi connectivity index (χ0) is 26.3. The van der Waals surface area contributed by atoms with Crippen LogP contribution >= 0.6 is 0 Å². The van der Waals surface area contributed by atoms with Crippen molar-refractivity contribution in [1.29, 1.82) is 0 Å². The van der Waals surface area contributed by atoms with E-state index in [4.69, 9.17) is 20.9 Å². The summed E-state index contributed by atoms with van der Waals surface area (Å²) in [6.45, 7) is 2.03. The van der Waals surface area contributed by atoms with Gasteiger partial charge in [0.15, 0.2) is 23.4 Å². The lowest BCUT2D eigenvalue weighted by atomic mass is 9.52. The summed E-state index contributed by atoms with van der Waals surface area (Å²) in [4.78, 5) is 42.0. The number of nitrogens with two attached hydrogens (primary N) is 2. The van der Waals surface area contributed by atoms with Gasteiger partial charge in [-0.25, -0.2) is 4.79 Å². The molecule has 5 N–H and O–H groups in total. The fourth-order valence-corrected chi connectivity index (χ4v) is 6.97. The van der Waals surface area contributed by atoms with Gasteiger partial charge in [0.05, 0.1) is 6.04 Å². The maximum absolute atomic E-state index is 13.0. The van der Waals surface area contributed by atoms with E-state index in [1.54, 1.807) is 13.1 Å². The lowest BCUT2D eigenvalue weighted by Gasteiger charge is -2.57. The van der Waals surface area contributed by atoms with Crippen LogP contribution in [-0.4, -0.2) is 86.0 Å². The number of Topliss-reactive ketones (excluding diaryl/α,β-unsaturated/α-hetero) is 1. The summed E-state index contributed by atoms with van der Waals surface area (Å²) in [6.07, 6.45) is 4.35. The quantitative estimate of drug-likeness (QED) is 0.414. The van der Waals surface area contributed by atoms with E-state index in [1.165, 1.54) is 10.5 Å². The summed E-state index contributed by atoms with van der Waals surface area (Å²) in [5.41, 5.74) is 13.4. The van der Waals surface area contributed by atoms with Crippen LogP contribution in [-0.2, 0) is 21.4 Å². The predicted molar refractivity (Wildman–Crippen MR) is 138 cm³/mol. The minimum Gasteiger partial charge on any atom is -0.477 e. The fourth-order valence-electron chi connectivity index (χ4n) is 6.97. The Balaban J connectivity index is 1.26. The molecule has 4 aliphatic rings. The maximum atomic E-state index is 13.0. The van der Waals surface area contributed by atoms with Crippen molar-refractivity contribution in [3.63, 3.8) is 0 Å². The van der Waals surface area contributed by atoms with Crippen molar-refractivity contribution in [3.05, 3.63) is 23.3 Å². The van der Waals surface area contributed by atoms with Crippen molar-refractivity contribution in [2.24, 2.45) is 17.4 Å². The van der Waals surface area contributed by atoms with E-state index in [-0.39, 0.29) is 30.2 Å². The molecule has 2 heterocycles. The molecule has 1 aromatic carbocycles. The van der Waals surface area contributed by atoms with Gasteiger partial charge in [0.1, 0.15) is 0 Å². The second kappa shape index (κ2) is 10.2. The van der Waals surface area contributed by atoms with Gasteiger partial charge >= 0.3 is 6.09 Å². The lowest BCUT2D eigenvalue weighted by molar-refractivity contribution is -0.138. The molecule has 2 aliphatic carbocycles. The monoisotopic (exact) mass is 513 g/mol. The van der Waals surface area contributed by atoms with E-state index in [9.17, 15) is 14.4 Å². The molecule has 202 valence electrons. The van der Waals surface area contributed by atoms with Crippen LogP contribution in [0, 0.1) is 5.92 Å². The molecular weight excluding hydrogens is 474 g/mol. The zero-order valence-electron chi connectivity index (χ0n) is 21.8. The van der Waals surface area contributed by atoms with E-state index < -0.39 is 18.2 Å². The van der Waals surface area contributed by atoms with Gasteiger partial charge < -0.3 is 36.1 Å². The molecule has 10 heteroatoms. The molecule has 2 bridgehead atoms. The highest BCUT2D eigenvalue weighted by molar-refractivity contribution is 5.89. The molecule has 2 fully saturated rings. The molecule has 37 heavy (non-hydrogen) atoms. The van der Waals surface area contributed by atoms with E-state index in [0.29, 0.717) is 42.8 Å². The van der Waals surface area contributed by atoms with Gasteiger partial charge in [-0.05, 0) is 69.8 Å². The second-order valence-electron chi connectivity index (χ2n) is 11.1. The molecule has 1 saturated carbocycles. The summed E-state index contributed by atoms with van der Waals surface area (Å²) in [5, 5.41) is 2.78. The number of unbranched alkanes of at least 4 members (excludes halogenated alkanes) is 1. The Hall–Kier alpha value is -2.69. The average molecular weight is 514 g/mol. The maximum Gasteiger partial charge on any atom is 0.415 e. The van der Waals surface area contributed by atoms with Crippen LogP contribution in [0.2, 0.25) is 0 Å². The van der Waals surface area contributed by atoms with E-state index in [0.717, 1.165) is 44.2 Å². The molecule has 1 spiro atoms. The largest absolute Gasteiger partial charge is 0.477 e. The number of likely N-dealkylation sites (N-methyl/N-ethyl adjacent to an activating group) is 2. The summed E-state index contributed by atoms with van der Waals surface area (Å²) >= 11 is 0. The Labute approximate surface area is 218 Å². The Morgan fingerprint density at radius 3 is 2.95 bits per heavy atom. The highest BCUT2D eigenvalue weighted by atomic mass is 16.6. The number of piperidine rings is 1. The molecule has 0 aromatic heterocycles. The van der Waals surface area contributed by atoms with Crippen LogP contribution in [0.3, 0.4) is 0 Å². The standard InChI is InChI=1S/C27H39N5O5/c1-31-13-10-27-17-7-8-20(33)24(27)37-23-21(9-6-16(22(23)27)15-19(17)31)36-26(35)32(2)14-12-30-25(34)18(29)5-3-4-11-28/h6,9,17-19,24H,3-5,7-8,10-15,28-29H2,1-2H3,(H,30,34)/t17?,18-,19+,24?,27?/m0/s1. The predicted octanol–water partition coefficient (Wildman–Crippen LogP) is 0.928. The van der Waals surface area contributed by atoms with Crippen molar-refractivity contribution in [1.82, 2.24) is 15.1 Å². The highest BCUT2D eigenvalue weighted by Gasteiger charge is 2.65. The van der Waals surface area contributed by atoms with Crippen LogP contribution in [0.1, 0.15) is 49.7 Å². The third-order valence-corrected chi connectivity index (χ3v) is 8.93. The van der Waals surface area contributed by atoms with Crippen LogP contribution in [0.4, 0.5) is 4.79 Å². The number of nitrogens with one attached hydrogen (secondary N) is 1. The Morgan fingerprint density at radius 2 is 2.16 bits per heavy atom. The van der Waals surface area contributed by atoms with Gasteiger partial charge in [0.2, 0.25) is 5.91 Å². The normalized spacial score (nSPS) is 28.2. The second-order valence-corrected chi connectivity index (χ2v) is 11.1.